The van der Waals surface area contributed by atoms with E-state index in [0.717, 1.165) is 30.5 Å². The molecule has 0 bridgehead atoms. The molecular formula is C16H26N2O2S. The van der Waals surface area contributed by atoms with Crippen molar-refractivity contribution in [2.75, 3.05) is 13.6 Å². The summed E-state index contributed by atoms with van der Waals surface area (Å²) in [5.41, 5.74) is 2.02. The van der Waals surface area contributed by atoms with Gasteiger partial charge in [-0.2, -0.15) is 4.31 Å². The topological polar surface area (TPSA) is 49.4 Å². The predicted octanol–water partition coefficient (Wildman–Crippen LogP) is 2.36. The van der Waals surface area contributed by atoms with Crippen LogP contribution in [0.15, 0.2) is 24.3 Å². The molecule has 2 rings (SSSR count). The first kappa shape index (κ1) is 16.5. The van der Waals surface area contributed by atoms with Gasteiger partial charge < -0.3 is 5.32 Å². The van der Waals surface area contributed by atoms with Crippen LogP contribution in [0.5, 0.6) is 0 Å². The van der Waals surface area contributed by atoms with Crippen LogP contribution in [-0.4, -0.2) is 32.4 Å². The van der Waals surface area contributed by atoms with Gasteiger partial charge in [-0.05, 0) is 50.8 Å². The highest BCUT2D eigenvalue weighted by molar-refractivity contribution is 7.88. The van der Waals surface area contributed by atoms with Crippen LogP contribution in [-0.2, 0) is 22.3 Å². The van der Waals surface area contributed by atoms with Crippen molar-refractivity contribution < 1.29 is 8.42 Å². The van der Waals surface area contributed by atoms with Crippen LogP contribution in [0.4, 0.5) is 0 Å². The highest BCUT2D eigenvalue weighted by atomic mass is 32.2. The first-order valence-corrected chi connectivity index (χ1v) is 9.25. The Bertz CT molecular complexity index is 548. The maximum atomic E-state index is 12.6. The van der Waals surface area contributed by atoms with E-state index < -0.39 is 10.0 Å². The van der Waals surface area contributed by atoms with Gasteiger partial charge in [0, 0.05) is 19.1 Å². The summed E-state index contributed by atoms with van der Waals surface area (Å²) >= 11 is 0. The molecule has 5 heteroatoms. The molecule has 0 unspecified atom stereocenters. The third-order valence-corrected chi connectivity index (χ3v) is 5.80. The first-order chi connectivity index (χ1) is 9.92. The molecule has 0 aromatic heterocycles. The van der Waals surface area contributed by atoms with Crippen LogP contribution in [0.2, 0.25) is 0 Å². The Kier molecular flexibility index (Phi) is 5.41. The summed E-state index contributed by atoms with van der Waals surface area (Å²) in [7, 11) is -1.34. The van der Waals surface area contributed by atoms with E-state index in [2.05, 4.69) is 5.32 Å². The van der Waals surface area contributed by atoms with Crippen molar-refractivity contribution in [3.05, 3.63) is 35.4 Å². The number of nitrogens with one attached hydrogen (secondary N) is 1. The van der Waals surface area contributed by atoms with E-state index >= 15 is 0 Å². The average Bonchev–Trinajstić information content (AvgIpc) is 3.22. The Labute approximate surface area is 128 Å². The molecule has 0 spiro atoms. The average molecular weight is 310 g/mol. The second-order valence-corrected chi connectivity index (χ2v) is 8.13. The molecule has 1 aliphatic carbocycles. The minimum absolute atomic E-state index is 0.0270. The van der Waals surface area contributed by atoms with Crippen LogP contribution in [0.1, 0.15) is 37.8 Å². The summed E-state index contributed by atoms with van der Waals surface area (Å²) < 4.78 is 26.9. The van der Waals surface area contributed by atoms with Crippen molar-refractivity contribution in [1.82, 2.24) is 9.62 Å². The third kappa shape index (κ3) is 4.80. The molecule has 21 heavy (non-hydrogen) atoms. The second kappa shape index (κ2) is 6.90. The molecule has 0 aliphatic heterocycles. The molecule has 0 saturated heterocycles. The number of sulfonamides is 1. The van der Waals surface area contributed by atoms with E-state index in [0.29, 0.717) is 12.5 Å². The maximum Gasteiger partial charge on any atom is 0.218 e. The quantitative estimate of drug-likeness (QED) is 0.802. The predicted molar refractivity (Wildman–Crippen MR) is 86.4 cm³/mol. The summed E-state index contributed by atoms with van der Waals surface area (Å²) in [6.07, 6.45) is 2.33. The highest BCUT2D eigenvalue weighted by Gasteiger charge is 2.32. The molecule has 0 atom stereocenters. The zero-order chi connectivity index (χ0) is 15.5. The lowest BCUT2D eigenvalue weighted by atomic mass is 10.1. The smallest absolute Gasteiger partial charge is 0.218 e. The summed E-state index contributed by atoms with van der Waals surface area (Å²) in [4.78, 5) is 0. The number of rotatable bonds is 8. The molecule has 1 aliphatic rings. The van der Waals surface area contributed by atoms with Gasteiger partial charge in [0.05, 0.1) is 5.75 Å². The van der Waals surface area contributed by atoms with Crippen molar-refractivity contribution in [3.63, 3.8) is 0 Å². The van der Waals surface area contributed by atoms with Gasteiger partial charge in [0.1, 0.15) is 0 Å². The molecule has 4 nitrogen and oxygen atoms in total. The number of hydrogen-bond donors (Lipinski definition) is 1. The van der Waals surface area contributed by atoms with Gasteiger partial charge >= 0.3 is 0 Å². The van der Waals surface area contributed by atoms with Gasteiger partial charge in [-0.25, -0.2) is 8.42 Å². The van der Waals surface area contributed by atoms with Crippen molar-refractivity contribution in [2.45, 2.75) is 45.0 Å². The van der Waals surface area contributed by atoms with Crippen LogP contribution < -0.4 is 5.32 Å². The second-order valence-electron chi connectivity index (χ2n) is 6.21. The molecule has 1 fully saturated rings. The van der Waals surface area contributed by atoms with E-state index in [1.807, 2.05) is 45.2 Å². The van der Waals surface area contributed by atoms with Gasteiger partial charge in [-0.3, -0.25) is 0 Å². The largest absolute Gasteiger partial charge is 0.316 e. The number of nitrogens with zero attached hydrogens (tertiary/aromatic N) is 1. The lowest BCUT2D eigenvalue weighted by Gasteiger charge is -2.26. The number of benzene rings is 1. The van der Waals surface area contributed by atoms with Crippen LogP contribution in [0.3, 0.4) is 0 Å². The Morgan fingerprint density at radius 2 is 1.76 bits per heavy atom. The summed E-state index contributed by atoms with van der Waals surface area (Å²) in [6, 6.07) is 7.84. The van der Waals surface area contributed by atoms with Crippen molar-refractivity contribution in [3.8, 4) is 0 Å². The minimum Gasteiger partial charge on any atom is -0.316 e. The van der Waals surface area contributed by atoms with Crippen molar-refractivity contribution in [2.24, 2.45) is 5.92 Å². The van der Waals surface area contributed by atoms with E-state index in [1.54, 1.807) is 4.31 Å². The zero-order valence-electron chi connectivity index (χ0n) is 13.2. The fraction of sp³-hybridized carbons (Fsp3) is 0.625. The zero-order valence-corrected chi connectivity index (χ0v) is 14.0. The Hall–Kier alpha value is -0.910. The number of hydrogen-bond acceptors (Lipinski definition) is 3. The Balaban J connectivity index is 2.07. The molecule has 118 valence electrons. The lowest BCUT2D eigenvalue weighted by Crippen LogP contribution is -2.39. The molecule has 1 N–H and O–H groups in total. The molecule has 0 radical (unpaired) electrons. The van der Waals surface area contributed by atoms with Gasteiger partial charge in [-0.1, -0.05) is 24.3 Å². The molecular weight excluding hydrogens is 284 g/mol. The van der Waals surface area contributed by atoms with Gasteiger partial charge in [0.25, 0.3) is 0 Å². The summed E-state index contributed by atoms with van der Waals surface area (Å²) in [6.45, 7) is 5.39. The molecule has 1 aromatic carbocycles. The van der Waals surface area contributed by atoms with Crippen LogP contribution >= 0.6 is 0 Å². The van der Waals surface area contributed by atoms with Crippen LogP contribution in [0, 0.1) is 5.92 Å². The molecule has 0 heterocycles. The van der Waals surface area contributed by atoms with Crippen molar-refractivity contribution >= 4 is 10.0 Å². The molecule has 0 amide bonds. The molecule has 1 saturated carbocycles. The van der Waals surface area contributed by atoms with Crippen LogP contribution in [0.25, 0.3) is 0 Å². The summed E-state index contributed by atoms with van der Waals surface area (Å²) in [5.74, 6) is 0.665. The standard InChI is InChI=1S/C16H26N2O2S/c1-13(2)18(11-15-6-7-15)21(19,20)12-16-8-4-14(5-9-16)10-17-3/h4-5,8-9,13,15,17H,6-7,10-12H2,1-3H3. The van der Waals surface area contributed by atoms with Gasteiger partial charge in [0.15, 0.2) is 0 Å². The summed E-state index contributed by atoms with van der Waals surface area (Å²) in [5, 5.41) is 3.09. The normalized spacial score (nSPS) is 15.9. The SMILES string of the molecule is CNCc1ccc(CS(=O)(=O)N(CC2CC2)C(C)C)cc1. The third-order valence-electron chi connectivity index (χ3n) is 3.82. The Morgan fingerprint density at radius 3 is 2.24 bits per heavy atom. The fourth-order valence-electron chi connectivity index (χ4n) is 2.45. The van der Waals surface area contributed by atoms with Gasteiger partial charge in [-0.15, -0.1) is 0 Å². The minimum atomic E-state index is -3.24. The monoisotopic (exact) mass is 310 g/mol. The van der Waals surface area contributed by atoms with E-state index in [4.69, 9.17) is 0 Å². The van der Waals surface area contributed by atoms with E-state index in [9.17, 15) is 8.42 Å². The maximum absolute atomic E-state index is 12.6. The highest BCUT2D eigenvalue weighted by Crippen LogP contribution is 2.31. The van der Waals surface area contributed by atoms with Crippen molar-refractivity contribution in [1.29, 1.82) is 0 Å². The van der Waals surface area contributed by atoms with Gasteiger partial charge in [0.2, 0.25) is 10.0 Å². The van der Waals surface area contributed by atoms with E-state index in [-0.39, 0.29) is 11.8 Å². The lowest BCUT2D eigenvalue weighted by molar-refractivity contribution is 0.341. The fourth-order valence-corrected chi connectivity index (χ4v) is 4.31. The molecule has 1 aromatic rings. The van der Waals surface area contributed by atoms with E-state index in [1.165, 1.54) is 0 Å². The first-order valence-electron chi connectivity index (χ1n) is 7.64. The Morgan fingerprint density at radius 1 is 1.19 bits per heavy atom.